The Balaban J connectivity index is 1.68. The molecule has 2 aromatic rings. The third kappa shape index (κ3) is 7.41. The number of rotatable bonds is 7. The van der Waals surface area contributed by atoms with Crippen molar-refractivity contribution >= 4 is 39.6 Å². The van der Waals surface area contributed by atoms with Gasteiger partial charge in [-0.15, -0.1) is 0 Å². The lowest BCUT2D eigenvalue weighted by Crippen LogP contribution is -2.37. The van der Waals surface area contributed by atoms with Gasteiger partial charge in [-0.25, -0.2) is 0 Å². The zero-order valence-corrected chi connectivity index (χ0v) is 15.8. The number of halogens is 1. The number of hydrogen-bond acceptors (Lipinski definition) is 5. The van der Waals surface area contributed by atoms with E-state index in [0.717, 1.165) is 10.0 Å². The van der Waals surface area contributed by atoms with E-state index in [1.165, 1.54) is 0 Å². The number of nitrogens with one attached hydrogen (secondary N) is 2. The fraction of sp³-hybridized carbons (Fsp3) is 0.158. The van der Waals surface area contributed by atoms with Crippen LogP contribution in [-0.2, 0) is 25.5 Å². The molecule has 7 nitrogen and oxygen atoms in total. The Morgan fingerprint density at radius 2 is 1.67 bits per heavy atom. The number of ether oxygens (including phenoxy) is 1. The van der Waals surface area contributed by atoms with Crippen LogP contribution in [0.1, 0.15) is 15.9 Å². The van der Waals surface area contributed by atoms with Gasteiger partial charge in [0.05, 0.1) is 6.42 Å². The zero-order chi connectivity index (χ0) is 19.6. The molecule has 0 saturated carbocycles. The summed E-state index contributed by atoms with van der Waals surface area (Å²) in [6.45, 7) is -0.997. The average Bonchev–Trinajstić information content (AvgIpc) is 2.65. The maximum absolute atomic E-state index is 11.9. The van der Waals surface area contributed by atoms with Crippen molar-refractivity contribution < 1.29 is 23.9 Å². The summed E-state index contributed by atoms with van der Waals surface area (Å²) in [6.07, 6.45) is 0.0449. The molecule has 0 bridgehead atoms. The van der Waals surface area contributed by atoms with Crippen molar-refractivity contribution in [1.82, 2.24) is 10.6 Å². The van der Waals surface area contributed by atoms with Gasteiger partial charge in [0.25, 0.3) is 11.8 Å². The van der Waals surface area contributed by atoms with Gasteiger partial charge in [0.2, 0.25) is 5.91 Å². The molecule has 2 rings (SSSR count). The van der Waals surface area contributed by atoms with E-state index in [9.17, 15) is 19.2 Å². The lowest BCUT2D eigenvalue weighted by atomic mass is 10.1. The molecule has 0 heterocycles. The maximum Gasteiger partial charge on any atom is 0.325 e. The normalized spacial score (nSPS) is 9.96. The quantitative estimate of drug-likeness (QED) is 0.647. The molecule has 0 atom stereocenters. The Bertz CT molecular complexity index is 839. The van der Waals surface area contributed by atoms with Gasteiger partial charge in [-0.3, -0.25) is 24.5 Å². The molecule has 0 aliphatic heterocycles. The van der Waals surface area contributed by atoms with Gasteiger partial charge in [-0.2, -0.15) is 0 Å². The first-order valence-electron chi connectivity index (χ1n) is 8.00. The van der Waals surface area contributed by atoms with Crippen LogP contribution in [0, 0.1) is 0 Å². The predicted molar refractivity (Wildman–Crippen MR) is 101 cm³/mol. The number of benzene rings is 2. The summed E-state index contributed by atoms with van der Waals surface area (Å²) in [5, 5.41) is 4.52. The van der Waals surface area contributed by atoms with Gasteiger partial charge >= 0.3 is 5.97 Å². The van der Waals surface area contributed by atoms with Crippen molar-refractivity contribution in [1.29, 1.82) is 0 Å². The molecular weight excluding hydrogens is 416 g/mol. The summed E-state index contributed by atoms with van der Waals surface area (Å²) < 4.78 is 5.47. The van der Waals surface area contributed by atoms with Gasteiger partial charge in [0, 0.05) is 10.0 Å². The van der Waals surface area contributed by atoms with Crippen molar-refractivity contribution in [2.45, 2.75) is 6.42 Å². The smallest absolute Gasteiger partial charge is 0.325 e. The van der Waals surface area contributed by atoms with Crippen molar-refractivity contribution in [3.8, 4) is 0 Å². The summed E-state index contributed by atoms with van der Waals surface area (Å²) in [5.41, 5.74) is 1.14. The molecule has 2 N–H and O–H groups in total. The minimum Gasteiger partial charge on any atom is -0.454 e. The fourth-order valence-corrected chi connectivity index (χ4v) is 2.50. The molecule has 140 valence electrons. The number of imide groups is 1. The molecule has 0 fully saturated rings. The largest absolute Gasteiger partial charge is 0.454 e. The molecule has 0 saturated heterocycles. The molecule has 0 aromatic heterocycles. The monoisotopic (exact) mass is 432 g/mol. The van der Waals surface area contributed by atoms with E-state index in [-0.39, 0.29) is 6.42 Å². The summed E-state index contributed by atoms with van der Waals surface area (Å²) in [5.74, 6) is -2.47. The minimum absolute atomic E-state index is 0.0449. The number of carbonyl (C=O) groups excluding carboxylic acids is 4. The minimum atomic E-state index is -0.788. The molecule has 8 heteroatoms. The van der Waals surface area contributed by atoms with Crippen LogP contribution >= 0.6 is 15.9 Å². The summed E-state index contributed by atoms with van der Waals surface area (Å²) in [7, 11) is 0. The van der Waals surface area contributed by atoms with E-state index >= 15 is 0 Å². The maximum atomic E-state index is 11.9. The standard InChI is InChI=1S/C19H17BrN2O5/c20-15-8-4-7-14(10-15)19(26)21-11-18(25)27-12-17(24)22-16(23)9-13-5-2-1-3-6-13/h1-8,10H,9,11-12H2,(H,21,26)(H,22,23,24). The molecule has 0 spiro atoms. The van der Waals surface area contributed by atoms with Crippen LogP contribution < -0.4 is 10.6 Å². The first kappa shape index (κ1) is 20.3. The SMILES string of the molecule is O=C(COC(=O)CNC(=O)c1cccc(Br)c1)NC(=O)Cc1ccccc1. The van der Waals surface area contributed by atoms with Crippen LogP contribution in [0.25, 0.3) is 0 Å². The second-order valence-electron chi connectivity index (χ2n) is 5.49. The number of carbonyl (C=O) groups is 4. The highest BCUT2D eigenvalue weighted by molar-refractivity contribution is 9.10. The van der Waals surface area contributed by atoms with Gasteiger partial charge in [0.15, 0.2) is 6.61 Å². The van der Waals surface area contributed by atoms with Gasteiger partial charge in [-0.1, -0.05) is 52.3 Å². The van der Waals surface area contributed by atoms with E-state index < -0.39 is 36.8 Å². The Hall–Kier alpha value is -3.00. The highest BCUT2D eigenvalue weighted by Gasteiger charge is 2.13. The first-order chi connectivity index (χ1) is 12.9. The van der Waals surface area contributed by atoms with Crippen molar-refractivity contribution in [2.75, 3.05) is 13.2 Å². The van der Waals surface area contributed by atoms with Crippen LogP contribution in [0.2, 0.25) is 0 Å². The van der Waals surface area contributed by atoms with Crippen LogP contribution in [-0.4, -0.2) is 36.8 Å². The zero-order valence-electron chi connectivity index (χ0n) is 14.2. The van der Waals surface area contributed by atoms with E-state index in [2.05, 4.69) is 26.6 Å². The topological polar surface area (TPSA) is 102 Å². The van der Waals surface area contributed by atoms with Crippen LogP contribution in [0.5, 0.6) is 0 Å². The van der Waals surface area contributed by atoms with E-state index in [0.29, 0.717) is 5.56 Å². The molecule has 0 aliphatic carbocycles. The Labute approximate surface area is 164 Å². The highest BCUT2D eigenvalue weighted by atomic mass is 79.9. The second-order valence-corrected chi connectivity index (χ2v) is 6.40. The van der Waals surface area contributed by atoms with Gasteiger partial charge in [0.1, 0.15) is 6.54 Å². The summed E-state index contributed by atoms with van der Waals surface area (Å²) in [6, 6.07) is 15.6. The molecule has 0 aliphatic rings. The van der Waals surface area contributed by atoms with Crippen LogP contribution in [0.4, 0.5) is 0 Å². The first-order valence-corrected chi connectivity index (χ1v) is 8.79. The van der Waals surface area contributed by atoms with Crippen LogP contribution in [0.3, 0.4) is 0 Å². The van der Waals surface area contributed by atoms with Crippen LogP contribution in [0.15, 0.2) is 59.1 Å². The Morgan fingerprint density at radius 1 is 0.926 bits per heavy atom. The number of hydrogen-bond donors (Lipinski definition) is 2. The molecular formula is C19H17BrN2O5. The van der Waals surface area contributed by atoms with E-state index in [1.807, 2.05) is 6.07 Å². The molecule has 0 radical (unpaired) electrons. The summed E-state index contributed by atoms with van der Waals surface area (Å²) in [4.78, 5) is 46.9. The second kappa shape index (κ2) is 10.2. The molecule has 3 amide bonds. The van der Waals surface area contributed by atoms with Gasteiger partial charge in [-0.05, 0) is 23.8 Å². The average molecular weight is 433 g/mol. The van der Waals surface area contributed by atoms with Gasteiger partial charge < -0.3 is 10.1 Å². The Morgan fingerprint density at radius 3 is 2.37 bits per heavy atom. The third-order valence-electron chi connectivity index (χ3n) is 3.33. The lowest BCUT2D eigenvalue weighted by molar-refractivity contribution is -0.148. The lowest BCUT2D eigenvalue weighted by Gasteiger charge is -2.07. The molecule has 2 aromatic carbocycles. The van der Waals surface area contributed by atoms with Crippen molar-refractivity contribution in [3.05, 3.63) is 70.2 Å². The number of esters is 1. The fourth-order valence-electron chi connectivity index (χ4n) is 2.10. The van der Waals surface area contributed by atoms with E-state index in [4.69, 9.17) is 4.74 Å². The third-order valence-corrected chi connectivity index (χ3v) is 3.82. The van der Waals surface area contributed by atoms with Crippen molar-refractivity contribution in [2.24, 2.45) is 0 Å². The van der Waals surface area contributed by atoms with Crippen molar-refractivity contribution in [3.63, 3.8) is 0 Å². The Kier molecular flexibility index (Phi) is 7.69. The van der Waals surface area contributed by atoms with E-state index in [1.54, 1.807) is 48.5 Å². The number of amides is 3. The highest BCUT2D eigenvalue weighted by Crippen LogP contribution is 2.11. The molecule has 0 unspecified atom stereocenters. The summed E-state index contributed by atoms with van der Waals surface area (Å²) >= 11 is 3.25. The molecule has 27 heavy (non-hydrogen) atoms. The predicted octanol–water partition coefficient (Wildman–Crippen LogP) is 1.61.